The number of thioether (sulfide) groups is 2. The molecule has 1 aliphatic rings. The number of halogens is 1. The first-order valence-electron chi connectivity index (χ1n) is 8.73. The molecule has 3 heterocycles. The lowest BCUT2D eigenvalue weighted by Gasteiger charge is -2.25. The Hall–Kier alpha value is -1.55. The molecule has 1 fully saturated rings. The number of rotatable bonds is 5. The maximum absolute atomic E-state index is 12.4. The molecule has 0 saturated carbocycles. The fourth-order valence-corrected chi connectivity index (χ4v) is 5.78. The highest BCUT2D eigenvalue weighted by Crippen LogP contribution is 2.34. The van der Waals surface area contributed by atoms with Crippen molar-refractivity contribution >= 4 is 73.5 Å². The van der Waals surface area contributed by atoms with E-state index in [1.165, 1.54) is 18.1 Å². The minimum atomic E-state index is -0.0973. The van der Waals surface area contributed by atoms with Crippen LogP contribution in [0.2, 0.25) is 5.02 Å². The summed E-state index contributed by atoms with van der Waals surface area (Å²) in [6.07, 6.45) is 1.51. The van der Waals surface area contributed by atoms with Gasteiger partial charge in [0.05, 0.1) is 5.75 Å². The highest BCUT2D eigenvalue weighted by Gasteiger charge is 2.18. The van der Waals surface area contributed by atoms with E-state index in [0.29, 0.717) is 10.7 Å². The average Bonchev–Trinajstić information content (AvgIpc) is 3.15. The summed E-state index contributed by atoms with van der Waals surface area (Å²) in [5.74, 6) is 2.39. The van der Waals surface area contributed by atoms with Crippen molar-refractivity contribution in [2.75, 3.05) is 40.6 Å². The molecular weight excluding hydrogens is 434 g/mol. The molecule has 6 nitrogen and oxygen atoms in total. The lowest BCUT2D eigenvalue weighted by molar-refractivity contribution is -0.113. The molecule has 10 heteroatoms. The summed E-state index contributed by atoms with van der Waals surface area (Å²) < 4.78 is 0.937. The van der Waals surface area contributed by atoms with E-state index in [1.54, 1.807) is 23.5 Å². The molecule has 4 rings (SSSR count). The molecule has 0 aliphatic carbocycles. The van der Waals surface area contributed by atoms with E-state index in [0.717, 1.165) is 50.7 Å². The molecule has 0 unspecified atom stereocenters. The standard InChI is InChI=1S/C18H18ClN5OS3/c1-11-2-3-12(19)8-13(11)22-14(25)9-27-17-15-16(20-10-21-17)23-18(28-15)24-4-6-26-7-5-24/h2-3,8,10H,4-7,9H2,1H3,(H,22,25). The Morgan fingerprint density at radius 3 is 2.96 bits per heavy atom. The molecule has 28 heavy (non-hydrogen) atoms. The van der Waals surface area contributed by atoms with Gasteiger partial charge in [-0.1, -0.05) is 40.8 Å². The third kappa shape index (κ3) is 4.53. The van der Waals surface area contributed by atoms with E-state index < -0.39 is 0 Å². The molecule has 0 bridgehead atoms. The van der Waals surface area contributed by atoms with Crippen LogP contribution >= 0.6 is 46.5 Å². The maximum atomic E-state index is 12.4. The predicted molar refractivity (Wildman–Crippen MR) is 120 cm³/mol. The van der Waals surface area contributed by atoms with Crippen LogP contribution in [0.1, 0.15) is 5.56 Å². The number of amides is 1. The Balaban J connectivity index is 1.46. The van der Waals surface area contributed by atoms with E-state index in [-0.39, 0.29) is 11.7 Å². The Kier molecular flexibility index (Phi) is 6.25. The number of hydrogen-bond donors (Lipinski definition) is 1. The number of carbonyl (C=O) groups excluding carboxylic acids is 1. The minimum absolute atomic E-state index is 0.0973. The van der Waals surface area contributed by atoms with Crippen LogP contribution in [0.25, 0.3) is 10.3 Å². The number of nitrogens with zero attached hydrogens (tertiary/aromatic N) is 4. The summed E-state index contributed by atoms with van der Waals surface area (Å²) in [6.45, 7) is 3.94. The van der Waals surface area contributed by atoms with Gasteiger partial charge in [-0.25, -0.2) is 9.97 Å². The fraction of sp³-hybridized carbons (Fsp3) is 0.333. The number of carbonyl (C=O) groups is 1. The van der Waals surface area contributed by atoms with E-state index in [2.05, 4.69) is 25.2 Å². The topological polar surface area (TPSA) is 71.0 Å². The zero-order chi connectivity index (χ0) is 19.5. The van der Waals surface area contributed by atoms with Crippen LogP contribution in [0, 0.1) is 6.92 Å². The third-order valence-corrected chi connectivity index (χ3v) is 7.65. The number of hydrogen-bond acceptors (Lipinski definition) is 8. The SMILES string of the molecule is Cc1ccc(Cl)cc1NC(=O)CSc1ncnc2nc(N3CCSCC3)sc12. The largest absolute Gasteiger partial charge is 0.346 e. The van der Waals surface area contributed by atoms with Gasteiger partial charge in [-0.05, 0) is 24.6 Å². The molecule has 1 N–H and O–H groups in total. The van der Waals surface area contributed by atoms with Crippen molar-refractivity contribution in [3.8, 4) is 0 Å². The van der Waals surface area contributed by atoms with Gasteiger partial charge in [0.1, 0.15) is 16.1 Å². The lowest BCUT2D eigenvalue weighted by atomic mass is 10.2. The average molecular weight is 452 g/mol. The minimum Gasteiger partial charge on any atom is -0.346 e. The number of aromatic nitrogens is 3. The molecule has 146 valence electrons. The first kappa shape index (κ1) is 19.8. The van der Waals surface area contributed by atoms with Crippen molar-refractivity contribution in [2.24, 2.45) is 0 Å². The Morgan fingerprint density at radius 1 is 1.32 bits per heavy atom. The van der Waals surface area contributed by atoms with Gasteiger partial charge >= 0.3 is 0 Å². The van der Waals surface area contributed by atoms with Crippen LogP contribution < -0.4 is 10.2 Å². The van der Waals surface area contributed by atoms with Crippen molar-refractivity contribution in [3.63, 3.8) is 0 Å². The zero-order valence-corrected chi connectivity index (χ0v) is 18.4. The smallest absolute Gasteiger partial charge is 0.234 e. The van der Waals surface area contributed by atoms with Crippen molar-refractivity contribution in [1.29, 1.82) is 0 Å². The van der Waals surface area contributed by atoms with Crippen molar-refractivity contribution in [3.05, 3.63) is 35.1 Å². The van der Waals surface area contributed by atoms with Gasteiger partial charge < -0.3 is 10.2 Å². The van der Waals surface area contributed by atoms with Gasteiger partial charge in [0.25, 0.3) is 0 Å². The second kappa shape index (κ2) is 8.86. The number of nitrogens with one attached hydrogen (secondary N) is 1. The van der Waals surface area contributed by atoms with E-state index in [4.69, 9.17) is 11.6 Å². The van der Waals surface area contributed by atoms with E-state index in [1.807, 2.05) is 24.8 Å². The molecule has 0 radical (unpaired) electrons. The van der Waals surface area contributed by atoms with Crippen LogP contribution in [0.4, 0.5) is 10.8 Å². The number of thiazole rings is 1. The molecule has 1 amide bonds. The summed E-state index contributed by atoms with van der Waals surface area (Å²) in [5.41, 5.74) is 2.40. The summed E-state index contributed by atoms with van der Waals surface area (Å²) in [4.78, 5) is 28.0. The number of fused-ring (bicyclic) bond motifs is 1. The van der Waals surface area contributed by atoms with E-state index >= 15 is 0 Å². The number of benzene rings is 1. The number of anilines is 2. The van der Waals surface area contributed by atoms with Gasteiger partial charge in [0, 0.05) is 35.3 Å². The van der Waals surface area contributed by atoms with Crippen LogP contribution in [0.15, 0.2) is 29.6 Å². The Bertz CT molecular complexity index is 1010. The Labute approximate surface area is 180 Å². The molecule has 1 aromatic carbocycles. The third-order valence-electron chi connectivity index (χ3n) is 4.24. The first-order valence-corrected chi connectivity index (χ1v) is 12.1. The maximum Gasteiger partial charge on any atom is 0.234 e. The summed E-state index contributed by atoms with van der Waals surface area (Å²) in [6, 6.07) is 5.45. The van der Waals surface area contributed by atoms with Crippen LogP contribution in [-0.4, -0.2) is 51.2 Å². The summed E-state index contributed by atoms with van der Waals surface area (Å²) in [5, 5.41) is 5.29. The molecule has 3 aromatic rings. The highest BCUT2D eigenvalue weighted by atomic mass is 35.5. The van der Waals surface area contributed by atoms with Crippen LogP contribution in [-0.2, 0) is 4.79 Å². The predicted octanol–water partition coefficient (Wildman–Crippen LogP) is 4.33. The zero-order valence-electron chi connectivity index (χ0n) is 15.1. The van der Waals surface area contributed by atoms with E-state index in [9.17, 15) is 4.79 Å². The van der Waals surface area contributed by atoms with Crippen LogP contribution in [0.3, 0.4) is 0 Å². The second-order valence-electron chi connectivity index (χ2n) is 6.22. The van der Waals surface area contributed by atoms with Gasteiger partial charge in [-0.15, -0.1) is 0 Å². The van der Waals surface area contributed by atoms with Gasteiger partial charge in [0.2, 0.25) is 5.91 Å². The fourth-order valence-electron chi connectivity index (χ4n) is 2.76. The molecule has 0 atom stereocenters. The van der Waals surface area contributed by atoms with Crippen molar-refractivity contribution in [2.45, 2.75) is 11.9 Å². The normalized spacial score (nSPS) is 14.4. The highest BCUT2D eigenvalue weighted by molar-refractivity contribution is 8.00. The lowest BCUT2D eigenvalue weighted by Crippen LogP contribution is -2.32. The van der Waals surface area contributed by atoms with Gasteiger partial charge in [-0.2, -0.15) is 16.7 Å². The van der Waals surface area contributed by atoms with Crippen LogP contribution in [0.5, 0.6) is 0 Å². The number of aryl methyl sites for hydroxylation is 1. The summed E-state index contributed by atoms with van der Waals surface area (Å²) >= 11 is 11.0. The molecule has 2 aromatic heterocycles. The molecule has 1 saturated heterocycles. The molecule has 0 spiro atoms. The first-order chi connectivity index (χ1) is 13.6. The van der Waals surface area contributed by atoms with Crippen molar-refractivity contribution in [1.82, 2.24) is 15.0 Å². The monoisotopic (exact) mass is 451 g/mol. The molecule has 1 aliphatic heterocycles. The molecular formula is C18H18ClN5OS3. The summed E-state index contributed by atoms with van der Waals surface area (Å²) in [7, 11) is 0. The van der Waals surface area contributed by atoms with Crippen molar-refractivity contribution < 1.29 is 4.79 Å². The van der Waals surface area contributed by atoms with Gasteiger partial charge in [0.15, 0.2) is 10.8 Å². The second-order valence-corrected chi connectivity index (χ2v) is 9.83. The van der Waals surface area contributed by atoms with Gasteiger partial charge in [-0.3, -0.25) is 4.79 Å². The Morgan fingerprint density at radius 2 is 2.14 bits per heavy atom. The quantitative estimate of drug-likeness (QED) is 0.457.